The topological polar surface area (TPSA) is 98.6 Å². The number of amides is 1. The van der Waals surface area contributed by atoms with Gasteiger partial charge in [0.1, 0.15) is 5.92 Å². The molecule has 1 rings (SSSR count). The lowest BCUT2D eigenvalue weighted by molar-refractivity contribution is -0.118. The minimum atomic E-state index is -0.682. The van der Waals surface area contributed by atoms with E-state index in [0.29, 0.717) is 6.42 Å². The van der Waals surface area contributed by atoms with Gasteiger partial charge in [-0.2, -0.15) is 10.4 Å². The molecule has 0 spiro atoms. The molecule has 16 heavy (non-hydrogen) atoms. The van der Waals surface area contributed by atoms with Gasteiger partial charge in [0.05, 0.1) is 6.07 Å². The zero-order valence-electron chi connectivity index (χ0n) is 8.86. The molecular weight excluding hydrogens is 208 g/mol. The molecule has 0 aliphatic heterocycles. The molecule has 1 aromatic rings. The molecule has 0 aliphatic rings. The summed E-state index contributed by atoms with van der Waals surface area (Å²) in [5.74, 6) is -0.844. The number of hydrogen-bond donors (Lipinski definition) is 2. The number of nitrogens with one attached hydrogen (secondary N) is 2. The molecule has 84 valence electrons. The van der Waals surface area contributed by atoms with Crippen molar-refractivity contribution in [3.05, 3.63) is 22.5 Å². The van der Waals surface area contributed by atoms with Crippen molar-refractivity contribution in [3.8, 4) is 6.07 Å². The van der Waals surface area contributed by atoms with Gasteiger partial charge in [-0.3, -0.25) is 9.59 Å². The van der Waals surface area contributed by atoms with Crippen LogP contribution in [0.4, 0.5) is 5.82 Å². The fraction of sp³-hybridized carbons (Fsp3) is 0.400. The molecule has 0 radical (unpaired) electrons. The predicted octanol–water partition coefficient (Wildman–Crippen LogP) is 0.648. The van der Waals surface area contributed by atoms with Gasteiger partial charge in [0, 0.05) is 6.07 Å². The summed E-state index contributed by atoms with van der Waals surface area (Å²) in [5.41, 5.74) is -0.344. The standard InChI is InChI=1S/C10H12N4O2/c1-2-3-7(6-11)10(16)12-8-4-5-9(15)14-13-8/h4-5,7H,2-3H2,1H3,(H,14,15)(H,12,13,16). The van der Waals surface area contributed by atoms with Gasteiger partial charge in [0.25, 0.3) is 5.56 Å². The largest absolute Gasteiger partial charge is 0.308 e. The van der Waals surface area contributed by atoms with Crippen molar-refractivity contribution < 1.29 is 4.79 Å². The number of nitriles is 1. The Balaban J connectivity index is 2.67. The number of carbonyl (C=O) groups is 1. The molecule has 2 N–H and O–H groups in total. The normalized spacial score (nSPS) is 11.5. The number of aromatic amines is 1. The maximum Gasteiger partial charge on any atom is 0.264 e. The van der Waals surface area contributed by atoms with E-state index < -0.39 is 11.8 Å². The van der Waals surface area contributed by atoms with Crippen molar-refractivity contribution in [1.29, 1.82) is 5.26 Å². The first kappa shape index (κ1) is 11.9. The molecule has 1 aromatic heterocycles. The first-order chi connectivity index (χ1) is 7.67. The molecule has 1 amide bonds. The highest BCUT2D eigenvalue weighted by molar-refractivity contribution is 5.93. The lowest BCUT2D eigenvalue weighted by Crippen LogP contribution is -2.23. The third kappa shape index (κ3) is 3.20. The molecule has 1 unspecified atom stereocenters. The van der Waals surface area contributed by atoms with Crippen LogP contribution in [0.15, 0.2) is 16.9 Å². The summed E-state index contributed by atoms with van der Waals surface area (Å²) in [6, 6.07) is 4.56. The van der Waals surface area contributed by atoms with E-state index in [1.165, 1.54) is 12.1 Å². The number of aromatic nitrogens is 2. The number of rotatable bonds is 4. The highest BCUT2D eigenvalue weighted by atomic mass is 16.2. The maximum absolute atomic E-state index is 11.6. The molecule has 1 heterocycles. The van der Waals surface area contributed by atoms with Crippen molar-refractivity contribution in [3.63, 3.8) is 0 Å². The summed E-state index contributed by atoms with van der Waals surface area (Å²) in [5, 5.41) is 17.0. The second-order valence-corrected chi connectivity index (χ2v) is 3.27. The third-order valence-corrected chi connectivity index (χ3v) is 1.98. The van der Waals surface area contributed by atoms with Crippen LogP contribution in [0, 0.1) is 17.2 Å². The molecule has 6 heteroatoms. The summed E-state index contributed by atoms with van der Waals surface area (Å²) in [4.78, 5) is 22.3. The Hall–Kier alpha value is -2.16. The minimum Gasteiger partial charge on any atom is -0.308 e. The Bertz CT molecular complexity index is 440. The Kier molecular flexibility index (Phi) is 4.21. The average Bonchev–Trinajstić information content (AvgIpc) is 2.29. The van der Waals surface area contributed by atoms with E-state index in [1.807, 2.05) is 13.0 Å². The lowest BCUT2D eigenvalue weighted by atomic mass is 10.1. The SMILES string of the molecule is CCCC(C#N)C(=O)Nc1ccc(=O)[nH]n1. The van der Waals surface area contributed by atoms with Gasteiger partial charge < -0.3 is 5.32 Å². The van der Waals surface area contributed by atoms with Crippen LogP contribution in [0.2, 0.25) is 0 Å². The molecule has 0 saturated heterocycles. The van der Waals surface area contributed by atoms with Crippen molar-refractivity contribution in [2.24, 2.45) is 5.92 Å². The summed E-state index contributed by atoms with van der Waals surface area (Å²) in [6.45, 7) is 1.90. The zero-order chi connectivity index (χ0) is 12.0. The molecule has 1 atom stereocenters. The molecule has 0 aromatic carbocycles. The zero-order valence-corrected chi connectivity index (χ0v) is 8.86. The average molecular weight is 220 g/mol. The minimum absolute atomic E-state index is 0.237. The van der Waals surface area contributed by atoms with Crippen LogP contribution in [0.1, 0.15) is 19.8 Å². The second-order valence-electron chi connectivity index (χ2n) is 3.27. The highest BCUT2D eigenvalue weighted by Crippen LogP contribution is 2.08. The smallest absolute Gasteiger partial charge is 0.264 e. The van der Waals surface area contributed by atoms with Crippen molar-refractivity contribution in [2.45, 2.75) is 19.8 Å². The Labute approximate surface area is 92.3 Å². The summed E-state index contributed by atoms with van der Waals surface area (Å²) in [7, 11) is 0. The van der Waals surface area contributed by atoms with Crippen LogP contribution in [-0.2, 0) is 4.79 Å². The number of carbonyl (C=O) groups excluding carboxylic acids is 1. The van der Waals surface area contributed by atoms with Crippen LogP contribution in [0.5, 0.6) is 0 Å². The fourth-order valence-corrected chi connectivity index (χ4v) is 1.17. The van der Waals surface area contributed by atoms with Gasteiger partial charge in [-0.1, -0.05) is 13.3 Å². The summed E-state index contributed by atoms with van der Waals surface area (Å²) >= 11 is 0. The van der Waals surface area contributed by atoms with Gasteiger partial charge in [-0.25, -0.2) is 5.10 Å². The van der Waals surface area contributed by atoms with E-state index >= 15 is 0 Å². The molecule has 0 saturated carbocycles. The monoisotopic (exact) mass is 220 g/mol. The van der Waals surface area contributed by atoms with E-state index in [-0.39, 0.29) is 11.4 Å². The van der Waals surface area contributed by atoms with Gasteiger partial charge in [0.15, 0.2) is 5.82 Å². The van der Waals surface area contributed by atoms with Crippen molar-refractivity contribution in [2.75, 3.05) is 5.32 Å². The van der Waals surface area contributed by atoms with E-state index in [2.05, 4.69) is 15.5 Å². The molecule has 6 nitrogen and oxygen atoms in total. The lowest BCUT2D eigenvalue weighted by Gasteiger charge is -2.07. The van der Waals surface area contributed by atoms with Crippen LogP contribution >= 0.6 is 0 Å². The highest BCUT2D eigenvalue weighted by Gasteiger charge is 2.16. The maximum atomic E-state index is 11.6. The molecule has 0 fully saturated rings. The van der Waals surface area contributed by atoms with Gasteiger partial charge in [-0.15, -0.1) is 0 Å². The Morgan fingerprint density at radius 1 is 1.69 bits per heavy atom. The van der Waals surface area contributed by atoms with Crippen molar-refractivity contribution in [1.82, 2.24) is 10.2 Å². The van der Waals surface area contributed by atoms with E-state index in [0.717, 1.165) is 6.42 Å². The first-order valence-electron chi connectivity index (χ1n) is 4.93. The third-order valence-electron chi connectivity index (χ3n) is 1.98. The van der Waals surface area contributed by atoms with E-state index in [1.54, 1.807) is 0 Å². The van der Waals surface area contributed by atoms with Gasteiger partial charge in [0.2, 0.25) is 5.91 Å². The fourth-order valence-electron chi connectivity index (χ4n) is 1.17. The Morgan fingerprint density at radius 3 is 2.94 bits per heavy atom. The quantitative estimate of drug-likeness (QED) is 0.778. The number of anilines is 1. The van der Waals surface area contributed by atoms with Gasteiger partial charge >= 0.3 is 0 Å². The van der Waals surface area contributed by atoms with Crippen molar-refractivity contribution >= 4 is 11.7 Å². The first-order valence-corrected chi connectivity index (χ1v) is 4.93. The number of H-pyrrole nitrogens is 1. The van der Waals surface area contributed by atoms with Gasteiger partial charge in [-0.05, 0) is 12.5 Å². The number of hydrogen-bond acceptors (Lipinski definition) is 4. The van der Waals surface area contributed by atoms with E-state index in [9.17, 15) is 9.59 Å². The molecule has 0 aliphatic carbocycles. The summed E-state index contributed by atoms with van der Waals surface area (Å²) in [6.07, 6.45) is 1.26. The van der Waals surface area contributed by atoms with Crippen LogP contribution in [0.25, 0.3) is 0 Å². The predicted molar refractivity (Wildman–Crippen MR) is 57.5 cm³/mol. The molecule has 0 bridgehead atoms. The van der Waals surface area contributed by atoms with Crippen LogP contribution in [0.3, 0.4) is 0 Å². The van der Waals surface area contributed by atoms with Crippen LogP contribution in [-0.4, -0.2) is 16.1 Å². The van der Waals surface area contributed by atoms with E-state index in [4.69, 9.17) is 5.26 Å². The Morgan fingerprint density at radius 2 is 2.44 bits per heavy atom. The van der Waals surface area contributed by atoms with Crippen LogP contribution < -0.4 is 10.9 Å². The summed E-state index contributed by atoms with van der Waals surface area (Å²) < 4.78 is 0. The second kappa shape index (κ2) is 5.66. The number of nitrogens with zero attached hydrogens (tertiary/aromatic N) is 2. The molecular formula is C10H12N4O2.